The van der Waals surface area contributed by atoms with Gasteiger partial charge in [-0.15, -0.1) is 0 Å². The smallest absolute Gasteiger partial charge is 0.0702 e. The number of nitrogens with zero attached hydrogens (tertiary/aromatic N) is 2. The first-order valence-electron chi connectivity index (χ1n) is 5.49. The molecule has 1 aliphatic rings. The first-order chi connectivity index (χ1) is 6.76. The van der Waals surface area contributed by atoms with Crippen LogP contribution in [-0.4, -0.2) is 37.2 Å². The number of ether oxygens (including phenoxy) is 1. The van der Waals surface area contributed by atoms with Crippen LogP contribution in [0, 0.1) is 17.2 Å². The van der Waals surface area contributed by atoms with Crippen molar-refractivity contribution in [2.24, 2.45) is 5.92 Å². The molecule has 0 saturated carbocycles. The van der Waals surface area contributed by atoms with Gasteiger partial charge in [-0.2, -0.15) is 5.26 Å². The van der Waals surface area contributed by atoms with Crippen LogP contribution in [0.2, 0.25) is 0 Å². The van der Waals surface area contributed by atoms with E-state index in [0.29, 0.717) is 6.10 Å². The van der Waals surface area contributed by atoms with Crippen LogP contribution in [0.15, 0.2) is 0 Å². The van der Waals surface area contributed by atoms with E-state index in [4.69, 9.17) is 10.00 Å². The molecule has 1 fully saturated rings. The fourth-order valence-electron chi connectivity index (χ4n) is 1.98. The van der Waals surface area contributed by atoms with Crippen LogP contribution >= 0.6 is 0 Å². The van der Waals surface area contributed by atoms with E-state index in [2.05, 4.69) is 11.0 Å². The molecule has 2 unspecified atom stereocenters. The van der Waals surface area contributed by atoms with Crippen molar-refractivity contribution in [2.45, 2.75) is 32.8 Å². The van der Waals surface area contributed by atoms with E-state index in [0.717, 1.165) is 26.2 Å². The second-order valence-corrected chi connectivity index (χ2v) is 4.01. The summed E-state index contributed by atoms with van der Waals surface area (Å²) in [5.74, 6) is 0.135. The molecule has 0 spiro atoms. The molecule has 1 heterocycles. The molecule has 1 aliphatic heterocycles. The van der Waals surface area contributed by atoms with Crippen LogP contribution in [-0.2, 0) is 4.74 Å². The summed E-state index contributed by atoms with van der Waals surface area (Å²) < 4.78 is 5.60. The van der Waals surface area contributed by atoms with Crippen LogP contribution < -0.4 is 0 Å². The molecule has 0 N–H and O–H groups in total. The Hall–Kier alpha value is -0.590. The molecular formula is C11H20N2O. The minimum absolute atomic E-state index is 0.135. The maximum absolute atomic E-state index is 8.73. The number of hydrogen-bond donors (Lipinski definition) is 0. The Balaban J connectivity index is 2.29. The van der Waals surface area contributed by atoms with Crippen molar-refractivity contribution in [3.63, 3.8) is 0 Å². The molecule has 0 bridgehead atoms. The van der Waals surface area contributed by atoms with Gasteiger partial charge in [0.25, 0.3) is 0 Å². The van der Waals surface area contributed by atoms with E-state index in [9.17, 15) is 0 Å². The highest BCUT2D eigenvalue weighted by Gasteiger charge is 2.20. The van der Waals surface area contributed by atoms with Gasteiger partial charge in [0.15, 0.2) is 0 Å². The molecular weight excluding hydrogens is 176 g/mol. The lowest BCUT2D eigenvalue weighted by molar-refractivity contribution is 0.00412. The Morgan fingerprint density at radius 3 is 3.07 bits per heavy atom. The van der Waals surface area contributed by atoms with Crippen molar-refractivity contribution in [1.82, 2.24) is 4.90 Å². The topological polar surface area (TPSA) is 36.3 Å². The van der Waals surface area contributed by atoms with Crippen molar-refractivity contribution in [3.8, 4) is 6.07 Å². The average molecular weight is 196 g/mol. The Morgan fingerprint density at radius 2 is 2.43 bits per heavy atom. The quantitative estimate of drug-likeness (QED) is 0.686. The predicted molar refractivity (Wildman–Crippen MR) is 55.9 cm³/mol. The number of rotatable bonds is 4. The van der Waals surface area contributed by atoms with Gasteiger partial charge in [-0.05, 0) is 33.2 Å². The number of likely N-dealkylation sites (tertiary alicyclic amines) is 1. The lowest BCUT2D eigenvalue weighted by atomic mass is 10.1. The summed E-state index contributed by atoms with van der Waals surface area (Å²) in [6, 6.07) is 2.28. The summed E-state index contributed by atoms with van der Waals surface area (Å²) in [6.07, 6.45) is 2.76. The van der Waals surface area contributed by atoms with Crippen LogP contribution in [0.5, 0.6) is 0 Å². The maximum Gasteiger partial charge on any atom is 0.0702 e. The highest BCUT2D eigenvalue weighted by molar-refractivity contribution is 4.83. The van der Waals surface area contributed by atoms with E-state index in [-0.39, 0.29) is 5.92 Å². The van der Waals surface area contributed by atoms with Gasteiger partial charge in [0.1, 0.15) is 0 Å². The van der Waals surface area contributed by atoms with E-state index >= 15 is 0 Å². The van der Waals surface area contributed by atoms with Crippen molar-refractivity contribution in [2.75, 3.05) is 26.2 Å². The van der Waals surface area contributed by atoms with Crippen molar-refractivity contribution < 1.29 is 4.74 Å². The molecule has 0 radical (unpaired) electrons. The molecule has 0 amide bonds. The zero-order valence-corrected chi connectivity index (χ0v) is 9.20. The summed E-state index contributed by atoms with van der Waals surface area (Å²) in [5.41, 5.74) is 0. The van der Waals surface area contributed by atoms with Gasteiger partial charge < -0.3 is 4.74 Å². The van der Waals surface area contributed by atoms with E-state index in [1.165, 1.54) is 12.8 Å². The second-order valence-electron chi connectivity index (χ2n) is 4.01. The first kappa shape index (κ1) is 11.5. The van der Waals surface area contributed by atoms with Gasteiger partial charge in [-0.3, -0.25) is 4.90 Å². The zero-order valence-electron chi connectivity index (χ0n) is 9.20. The fourth-order valence-corrected chi connectivity index (χ4v) is 1.98. The van der Waals surface area contributed by atoms with Crippen LogP contribution in [0.1, 0.15) is 26.7 Å². The third-order valence-corrected chi connectivity index (χ3v) is 2.62. The lowest BCUT2D eigenvalue weighted by Crippen LogP contribution is -2.41. The van der Waals surface area contributed by atoms with Gasteiger partial charge >= 0.3 is 0 Å². The molecule has 1 rings (SSSR count). The third kappa shape index (κ3) is 3.65. The minimum atomic E-state index is 0.135. The molecule has 0 aromatic carbocycles. The molecule has 80 valence electrons. The van der Waals surface area contributed by atoms with Crippen molar-refractivity contribution >= 4 is 0 Å². The Bertz CT molecular complexity index is 198. The predicted octanol–water partition coefficient (Wildman–Crippen LogP) is 1.65. The largest absolute Gasteiger partial charge is 0.377 e. The lowest BCUT2D eigenvalue weighted by Gasteiger charge is -2.32. The molecule has 2 atom stereocenters. The monoisotopic (exact) mass is 196 g/mol. The van der Waals surface area contributed by atoms with Gasteiger partial charge in [0.2, 0.25) is 0 Å². The SMILES string of the molecule is CCOC1CCCN(CC(C)C#N)C1. The molecule has 3 heteroatoms. The van der Waals surface area contributed by atoms with Crippen LogP contribution in [0.25, 0.3) is 0 Å². The number of hydrogen-bond acceptors (Lipinski definition) is 3. The Morgan fingerprint density at radius 1 is 1.64 bits per heavy atom. The molecule has 1 saturated heterocycles. The molecule has 3 nitrogen and oxygen atoms in total. The van der Waals surface area contributed by atoms with Crippen LogP contribution in [0.4, 0.5) is 0 Å². The second kappa shape index (κ2) is 6.00. The standard InChI is InChI=1S/C11H20N2O/c1-3-14-11-5-4-6-13(9-11)8-10(2)7-12/h10-11H,3-6,8-9H2,1-2H3. The fraction of sp³-hybridized carbons (Fsp3) is 0.909. The zero-order chi connectivity index (χ0) is 10.4. The number of nitriles is 1. The highest BCUT2D eigenvalue weighted by Crippen LogP contribution is 2.14. The van der Waals surface area contributed by atoms with Gasteiger partial charge in [0, 0.05) is 19.7 Å². The highest BCUT2D eigenvalue weighted by atomic mass is 16.5. The van der Waals surface area contributed by atoms with Gasteiger partial charge in [0.05, 0.1) is 18.1 Å². The van der Waals surface area contributed by atoms with Gasteiger partial charge in [-0.1, -0.05) is 0 Å². The molecule has 0 aromatic heterocycles. The maximum atomic E-state index is 8.73. The van der Waals surface area contributed by atoms with Crippen molar-refractivity contribution in [3.05, 3.63) is 0 Å². The van der Waals surface area contributed by atoms with E-state index < -0.39 is 0 Å². The first-order valence-corrected chi connectivity index (χ1v) is 5.49. The summed E-state index contributed by atoms with van der Waals surface area (Å²) in [4.78, 5) is 2.34. The van der Waals surface area contributed by atoms with Crippen LogP contribution in [0.3, 0.4) is 0 Å². The molecule has 14 heavy (non-hydrogen) atoms. The summed E-state index contributed by atoms with van der Waals surface area (Å²) in [5, 5.41) is 8.73. The molecule has 0 aromatic rings. The van der Waals surface area contributed by atoms with E-state index in [1.807, 2.05) is 13.8 Å². The van der Waals surface area contributed by atoms with Gasteiger partial charge in [-0.25, -0.2) is 0 Å². The normalized spacial score (nSPS) is 25.6. The third-order valence-electron chi connectivity index (χ3n) is 2.62. The Labute approximate surface area is 86.6 Å². The minimum Gasteiger partial charge on any atom is -0.377 e. The number of piperidine rings is 1. The average Bonchev–Trinajstić information content (AvgIpc) is 2.19. The molecule has 0 aliphatic carbocycles. The van der Waals surface area contributed by atoms with Crippen molar-refractivity contribution in [1.29, 1.82) is 5.26 Å². The van der Waals surface area contributed by atoms with E-state index in [1.54, 1.807) is 0 Å². The Kier molecular flexibility index (Phi) is 4.92. The summed E-state index contributed by atoms with van der Waals surface area (Å²) >= 11 is 0. The summed E-state index contributed by atoms with van der Waals surface area (Å²) in [7, 11) is 0. The summed E-state index contributed by atoms with van der Waals surface area (Å²) in [6.45, 7) is 7.82.